The van der Waals surface area contributed by atoms with Crippen molar-refractivity contribution in [3.8, 4) is 0 Å². The summed E-state index contributed by atoms with van der Waals surface area (Å²) in [5.41, 5.74) is 3.46. The van der Waals surface area contributed by atoms with Crippen molar-refractivity contribution in [2.45, 2.75) is 43.4 Å². The molecule has 0 bridgehead atoms. The van der Waals surface area contributed by atoms with E-state index in [1.54, 1.807) is 0 Å². The van der Waals surface area contributed by atoms with Gasteiger partial charge >= 0.3 is 0 Å². The number of rotatable bonds is 10. The molecule has 3 aromatic carbocycles. The maximum absolute atomic E-state index is 13.8. The monoisotopic (exact) mass is 603 g/mol. The second-order valence-corrected chi connectivity index (χ2v) is 12.1. The molecule has 3 aromatic rings. The molecule has 5 nitrogen and oxygen atoms in total. The first-order valence-electron chi connectivity index (χ1n) is 14.6. The maximum atomic E-state index is 13.8. The number of anilines is 1. The Bertz CT molecular complexity index is 1290. The fraction of sp³-hybridized carbons (Fsp3) is 0.371. The zero-order valence-corrected chi connectivity index (χ0v) is 25.0. The molecule has 0 unspecified atom stereocenters. The Kier molecular flexibility index (Phi) is 9.91. The smallest absolute Gasteiger partial charge is 0.144 e. The van der Waals surface area contributed by atoms with Crippen molar-refractivity contribution >= 4 is 52.0 Å². The van der Waals surface area contributed by atoms with Crippen molar-refractivity contribution in [2.24, 2.45) is 11.8 Å². The van der Waals surface area contributed by atoms with Crippen LogP contribution >= 0.6 is 23.2 Å². The van der Waals surface area contributed by atoms with E-state index in [1.807, 2.05) is 84.9 Å². The van der Waals surface area contributed by atoms with E-state index in [9.17, 15) is 19.2 Å². The van der Waals surface area contributed by atoms with Gasteiger partial charge in [-0.25, -0.2) is 0 Å². The number of carbonyl (C=O) groups excluding carboxylic acids is 4. The van der Waals surface area contributed by atoms with Gasteiger partial charge in [0, 0.05) is 62.1 Å². The molecule has 0 atom stereocenters. The summed E-state index contributed by atoms with van der Waals surface area (Å²) in [4.78, 5) is 57.3. The van der Waals surface area contributed by atoms with Crippen molar-refractivity contribution in [1.82, 2.24) is 0 Å². The Hall–Kier alpha value is -3.28. The van der Waals surface area contributed by atoms with Crippen molar-refractivity contribution < 1.29 is 19.2 Å². The molecule has 2 aliphatic rings. The van der Waals surface area contributed by atoms with Crippen molar-refractivity contribution in [3.05, 3.63) is 102 Å². The van der Waals surface area contributed by atoms with E-state index in [4.69, 9.17) is 23.2 Å². The summed E-state index contributed by atoms with van der Waals surface area (Å²) in [7, 11) is 0. The predicted molar refractivity (Wildman–Crippen MR) is 167 cm³/mol. The van der Waals surface area contributed by atoms with E-state index in [-0.39, 0.29) is 60.7 Å². The molecule has 7 heteroatoms. The zero-order chi connectivity index (χ0) is 29.6. The van der Waals surface area contributed by atoms with Crippen LogP contribution in [-0.4, -0.2) is 48.0 Å². The molecule has 0 aromatic heterocycles. The highest BCUT2D eigenvalue weighted by atomic mass is 35.5. The van der Waals surface area contributed by atoms with E-state index in [0.717, 1.165) is 16.8 Å². The first-order valence-corrected chi connectivity index (χ1v) is 15.7. The van der Waals surface area contributed by atoms with Gasteiger partial charge in [-0.15, -0.1) is 23.2 Å². The second-order valence-electron chi connectivity index (χ2n) is 11.3. The van der Waals surface area contributed by atoms with E-state index in [1.165, 1.54) is 0 Å². The highest BCUT2D eigenvalue weighted by Gasteiger charge is 2.50. The largest absolute Gasteiger partial charge is 0.369 e. The standard InChI is InChI=1S/C35H35Cl2NO4/c36-15-17-38(18-16-37)28-13-11-25(12-14-28)33(34-29(39)19-26(20-30(34)40)23-7-3-1-4-8-23)35-31(41)21-27(22-32(35)42)24-9-5-2-6-10-24/h1-14,26-27,33-35H,15-22H2. The van der Waals surface area contributed by atoms with E-state index < -0.39 is 17.8 Å². The number of benzene rings is 3. The molecule has 0 saturated heterocycles. The van der Waals surface area contributed by atoms with E-state index in [2.05, 4.69) is 4.90 Å². The molecule has 0 heterocycles. The van der Waals surface area contributed by atoms with Crippen LogP contribution < -0.4 is 4.90 Å². The molecule has 42 heavy (non-hydrogen) atoms. The second kappa shape index (κ2) is 13.8. The lowest BCUT2D eigenvalue weighted by Gasteiger charge is -2.38. The van der Waals surface area contributed by atoms with Gasteiger partial charge in [0.25, 0.3) is 0 Å². The molecular weight excluding hydrogens is 569 g/mol. The van der Waals surface area contributed by atoms with Crippen LogP contribution in [0.5, 0.6) is 0 Å². The fourth-order valence-corrected chi connectivity index (χ4v) is 7.17. The highest BCUT2D eigenvalue weighted by Crippen LogP contribution is 2.46. The van der Waals surface area contributed by atoms with Gasteiger partial charge in [-0.2, -0.15) is 0 Å². The van der Waals surface area contributed by atoms with Gasteiger partial charge < -0.3 is 4.90 Å². The van der Waals surface area contributed by atoms with Gasteiger partial charge in [0.05, 0.1) is 11.8 Å². The third-order valence-corrected chi connectivity index (χ3v) is 9.13. The molecule has 0 N–H and O–H groups in total. The lowest BCUT2D eigenvalue weighted by atomic mass is 9.62. The van der Waals surface area contributed by atoms with Gasteiger partial charge in [-0.1, -0.05) is 72.8 Å². The molecule has 0 amide bonds. The number of carbonyl (C=O) groups is 4. The van der Waals surface area contributed by atoms with Crippen LogP contribution in [0.2, 0.25) is 0 Å². The maximum Gasteiger partial charge on any atom is 0.144 e. The molecule has 2 saturated carbocycles. The average molecular weight is 605 g/mol. The normalized spacial score (nSPS) is 23.6. The summed E-state index contributed by atoms with van der Waals surface area (Å²) in [6, 6.07) is 26.7. The SMILES string of the molecule is O=C1CC(c2ccccc2)CC(=O)C1C(c1ccc(N(CCCl)CCCl)cc1)C1C(=O)CC(c2ccccc2)CC1=O. The highest BCUT2D eigenvalue weighted by molar-refractivity contribution is 6.18. The number of ketones is 4. The quantitative estimate of drug-likeness (QED) is 0.190. The predicted octanol–water partition coefficient (Wildman–Crippen LogP) is 6.72. The van der Waals surface area contributed by atoms with Crippen LogP contribution in [0, 0.1) is 11.8 Å². The number of hydrogen-bond donors (Lipinski definition) is 0. The van der Waals surface area contributed by atoms with Gasteiger partial charge in [-0.05, 0) is 40.7 Å². The molecule has 5 rings (SSSR count). The summed E-state index contributed by atoms with van der Waals surface area (Å²) in [6.45, 7) is 1.22. The summed E-state index contributed by atoms with van der Waals surface area (Å²) in [5.74, 6) is -3.26. The first-order chi connectivity index (χ1) is 20.4. The molecular formula is C35H35Cl2NO4. The van der Waals surface area contributed by atoms with Crippen LogP contribution in [0.25, 0.3) is 0 Å². The Morgan fingerprint density at radius 2 is 0.952 bits per heavy atom. The Labute approximate surface area is 257 Å². The molecule has 218 valence electrons. The lowest BCUT2D eigenvalue weighted by molar-refractivity contribution is -0.142. The minimum Gasteiger partial charge on any atom is -0.369 e. The number of alkyl halides is 2. The third-order valence-electron chi connectivity index (χ3n) is 8.79. The summed E-state index contributed by atoms with van der Waals surface area (Å²) in [6.07, 6.45) is 0.817. The van der Waals surface area contributed by atoms with Gasteiger partial charge in [0.1, 0.15) is 23.1 Å². The average Bonchev–Trinajstić information content (AvgIpc) is 3.00. The van der Waals surface area contributed by atoms with Crippen molar-refractivity contribution in [2.75, 3.05) is 29.7 Å². The topological polar surface area (TPSA) is 71.5 Å². The third kappa shape index (κ3) is 6.53. The zero-order valence-electron chi connectivity index (χ0n) is 23.5. The minimum absolute atomic E-state index is 0.203. The lowest BCUT2D eigenvalue weighted by Crippen LogP contribution is -2.45. The summed E-state index contributed by atoms with van der Waals surface area (Å²) < 4.78 is 0. The minimum atomic E-state index is -1.04. The first kappa shape index (κ1) is 30.2. The molecule has 0 spiro atoms. The Balaban J connectivity index is 1.49. The van der Waals surface area contributed by atoms with Crippen LogP contribution in [0.4, 0.5) is 5.69 Å². The Morgan fingerprint density at radius 3 is 1.31 bits per heavy atom. The molecule has 2 fully saturated rings. The summed E-state index contributed by atoms with van der Waals surface area (Å²) >= 11 is 12.0. The van der Waals surface area contributed by atoms with E-state index in [0.29, 0.717) is 30.4 Å². The Morgan fingerprint density at radius 1 is 0.571 bits per heavy atom. The van der Waals surface area contributed by atoms with Gasteiger partial charge in [0.15, 0.2) is 0 Å². The van der Waals surface area contributed by atoms with Crippen molar-refractivity contribution in [1.29, 1.82) is 0 Å². The number of Topliss-reactive ketones (excluding diaryl/α,β-unsaturated/α-hetero) is 4. The summed E-state index contributed by atoms with van der Waals surface area (Å²) in [5, 5.41) is 0. The van der Waals surface area contributed by atoms with Crippen LogP contribution in [0.1, 0.15) is 60.1 Å². The molecule has 0 radical (unpaired) electrons. The molecule has 2 aliphatic carbocycles. The van der Waals surface area contributed by atoms with Gasteiger partial charge in [-0.3, -0.25) is 19.2 Å². The number of hydrogen-bond acceptors (Lipinski definition) is 5. The van der Waals surface area contributed by atoms with Crippen LogP contribution in [0.15, 0.2) is 84.9 Å². The number of halogens is 2. The van der Waals surface area contributed by atoms with Gasteiger partial charge in [0.2, 0.25) is 0 Å². The molecule has 0 aliphatic heterocycles. The van der Waals surface area contributed by atoms with Crippen LogP contribution in [0.3, 0.4) is 0 Å². The number of nitrogens with zero attached hydrogens (tertiary/aromatic N) is 1. The van der Waals surface area contributed by atoms with Crippen LogP contribution in [-0.2, 0) is 19.2 Å². The fourth-order valence-electron chi connectivity index (χ4n) is 6.76. The van der Waals surface area contributed by atoms with E-state index >= 15 is 0 Å². The van der Waals surface area contributed by atoms with Crippen molar-refractivity contribution in [3.63, 3.8) is 0 Å².